The van der Waals surface area contributed by atoms with Crippen LogP contribution in [0.2, 0.25) is 10.0 Å². The van der Waals surface area contributed by atoms with Crippen LogP contribution in [0.15, 0.2) is 71.5 Å². The molecule has 4 rings (SSSR count). The van der Waals surface area contributed by atoms with E-state index >= 15 is 0 Å². The Morgan fingerprint density at radius 1 is 1.00 bits per heavy atom. The number of amides is 1. The second kappa shape index (κ2) is 8.26. The Kier molecular flexibility index (Phi) is 5.53. The van der Waals surface area contributed by atoms with Crippen molar-refractivity contribution in [2.45, 2.75) is 6.54 Å². The summed E-state index contributed by atoms with van der Waals surface area (Å²) in [5, 5.41) is 3.28. The first-order valence-corrected chi connectivity index (χ1v) is 9.69. The lowest BCUT2D eigenvalue weighted by Gasteiger charge is -2.15. The van der Waals surface area contributed by atoms with Crippen LogP contribution in [0.1, 0.15) is 0 Å². The third-order valence-corrected chi connectivity index (χ3v) is 5.10. The third kappa shape index (κ3) is 3.92. The summed E-state index contributed by atoms with van der Waals surface area (Å²) in [7, 11) is 0. The van der Waals surface area contributed by atoms with Gasteiger partial charge in [0.1, 0.15) is 18.2 Å². The largest absolute Gasteiger partial charge is 0.324 e. The molecule has 0 bridgehead atoms. The summed E-state index contributed by atoms with van der Waals surface area (Å²) >= 11 is 12.1. The zero-order valence-electron chi connectivity index (χ0n) is 15.4. The summed E-state index contributed by atoms with van der Waals surface area (Å²) in [6, 6.07) is 17.7. The van der Waals surface area contributed by atoms with Crippen LogP contribution in [0, 0.1) is 5.82 Å². The molecule has 8 heteroatoms. The van der Waals surface area contributed by atoms with Gasteiger partial charge in [-0.2, -0.15) is 0 Å². The summed E-state index contributed by atoms with van der Waals surface area (Å²) < 4.78 is 14.6. The standard InChI is InChI=1S/C22H14Cl2FN3O2/c23-16-7-3-1-5-14(16)21-27-19-8-4-2-6-15(19)22(30)28(21)12-20(29)26-13-9-10-18(25)17(24)11-13/h1-11H,12H2,(H,26,29). The van der Waals surface area contributed by atoms with E-state index in [2.05, 4.69) is 10.3 Å². The molecular formula is C22H14Cl2FN3O2. The minimum atomic E-state index is -0.592. The normalized spacial score (nSPS) is 10.9. The van der Waals surface area contributed by atoms with Crippen LogP contribution >= 0.6 is 23.2 Å². The number of nitrogens with one attached hydrogen (secondary N) is 1. The Morgan fingerprint density at radius 3 is 2.50 bits per heavy atom. The molecule has 0 unspecified atom stereocenters. The first-order chi connectivity index (χ1) is 14.4. The van der Waals surface area contributed by atoms with E-state index in [0.29, 0.717) is 27.2 Å². The van der Waals surface area contributed by atoms with Crippen molar-refractivity contribution in [3.05, 3.63) is 92.9 Å². The van der Waals surface area contributed by atoms with Gasteiger partial charge in [-0.25, -0.2) is 9.37 Å². The maximum Gasteiger partial charge on any atom is 0.262 e. The Hall–Kier alpha value is -3.22. The number of anilines is 1. The monoisotopic (exact) mass is 441 g/mol. The molecule has 5 nitrogen and oxygen atoms in total. The topological polar surface area (TPSA) is 64.0 Å². The summed E-state index contributed by atoms with van der Waals surface area (Å²) in [6.45, 7) is -0.313. The molecule has 0 atom stereocenters. The molecule has 0 fully saturated rings. The minimum absolute atomic E-state index is 0.117. The highest BCUT2D eigenvalue weighted by atomic mass is 35.5. The molecule has 0 radical (unpaired) electrons. The highest BCUT2D eigenvalue weighted by Crippen LogP contribution is 2.27. The number of aromatic nitrogens is 2. The molecule has 0 aliphatic carbocycles. The fourth-order valence-electron chi connectivity index (χ4n) is 3.08. The average molecular weight is 442 g/mol. The number of rotatable bonds is 4. The number of halogens is 3. The van der Waals surface area contributed by atoms with Crippen LogP contribution in [-0.4, -0.2) is 15.5 Å². The smallest absolute Gasteiger partial charge is 0.262 e. The molecule has 1 aromatic heterocycles. The predicted molar refractivity (Wildman–Crippen MR) is 116 cm³/mol. The van der Waals surface area contributed by atoms with Crippen LogP contribution in [0.3, 0.4) is 0 Å². The maximum atomic E-state index is 13.4. The molecule has 150 valence electrons. The number of carbonyl (C=O) groups excluding carboxylic acids is 1. The second-order valence-corrected chi connectivity index (χ2v) is 7.32. The zero-order valence-corrected chi connectivity index (χ0v) is 16.9. The fourth-order valence-corrected chi connectivity index (χ4v) is 3.48. The molecule has 0 saturated heterocycles. The van der Waals surface area contributed by atoms with Gasteiger partial charge in [-0.05, 0) is 42.5 Å². The molecular weight excluding hydrogens is 428 g/mol. The predicted octanol–water partition coefficient (Wildman–Crippen LogP) is 5.15. The van der Waals surface area contributed by atoms with Gasteiger partial charge in [-0.15, -0.1) is 0 Å². The summed E-state index contributed by atoms with van der Waals surface area (Å²) in [4.78, 5) is 30.4. The molecule has 30 heavy (non-hydrogen) atoms. The summed E-state index contributed by atoms with van der Waals surface area (Å²) in [5.41, 5.74) is 0.967. The lowest BCUT2D eigenvalue weighted by Crippen LogP contribution is -2.30. The Bertz CT molecular complexity index is 1340. The van der Waals surface area contributed by atoms with Gasteiger partial charge < -0.3 is 5.32 Å². The summed E-state index contributed by atoms with van der Waals surface area (Å²) in [6.07, 6.45) is 0. The molecule has 3 aromatic carbocycles. The van der Waals surface area contributed by atoms with Gasteiger partial charge in [0.2, 0.25) is 5.91 Å². The molecule has 1 N–H and O–H groups in total. The number of fused-ring (bicyclic) bond motifs is 1. The number of hydrogen-bond acceptors (Lipinski definition) is 3. The Labute approximate surface area is 180 Å². The van der Waals surface area contributed by atoms with Crippen LogP contribution in [-0.2, 0) is 11.3 Å². The van der Waals surface area contributed by atoms with Gasteiger partial charge in [-0.3, -0.25) is 14.2 Å². The number of benzene rings is 3. The zero-order chi connectivity index (χ0) is 21.3. The lowest BCUT2D eigenvalue weighted by atomic mass is 10.1. The lowest BCUT2D eigenvalue weighted by molar-refractivity contribution is -0.116. The third-order valence-electron chi connectivity index (χ3n) is 4.48. The van der Waals surface area contributed by atoms with Crippen molar-refractivity contribution in [2.24, 2.45) is 0 Å². The van der Waals surface area contributed by atoms with Crippen molar-refractivity contribution in [3.63, 3.8) is 0 Å². The first-order valence-electron chi connectivity index (χ1n) is 8.93. The SMILES string of the molecule is O=C(Cn1c(-c2ccccc2Cl)nc2ccccc2c1=O)Nc1ccc(F)c(Cl)c1. The first kappa shape index (κ1) is 20.1. The van der Waals surface area contributed by atoms with Crippen molar-refractivity contribution in [1.82, 2.24) is 9.55 Å². The van der Waals surface area contributed by atoms with Gasteiger partial charge >= 0.3 is 0 Å². The van der Waals surface area contributed by atoms with E-state index in [0.717, 1.165) is 6.07 Å². The Balaban J connectivity index is 1.78. The molecule has 1 amide bonds. The van der Waals surface area contributed by atoms with E-state index in [1.165, 1.54) is 16.7 Å². The van der Waals surface area contributed by atoms with Crippen LogP contribution < -0.4 is 10.9 Å². The van der Waals surface area contributed by atoms with Crippen LogP contribution in [0.25, 0.3) is 22.3 Å². The minimum Gasteiger partial charge on any atom is -0.324 e. The molecule has 0 spiro atoms. The van der Waals surface area contributed by atoms with E-state index < -0.39 is 11.7 Å². The maximum absolute atomic E-state index is 13.4. The van der Waals surface area contributed by atoms with Gasteiger partial charge in [0.25, 0.3) is 5.56 Å². The number of nitrogens with zero attached hydrogens (tertiary/aromatic N) is 2. The fraction of sp³-hybridized carbons (Fsp3) is 0.0455. The second-order valence-electron chi connectivity index (χ2n) is 6.50. The van der Waals surface area contributed by atoms with E-state index in [1.54, 1.807) is 48.5 Å². The van der Waals surface area contributed by atoms with E-state index in [-0.39, 0.29) is 23.0 Å². The van der Waals surface area contributed by atoms with Gasteiger partial charge in [0.05, 0.1) is 20.9 Å². The van der Waals surface area contributed by atoms with Gasteiger partial charge in [-0.1, -0.05) is 47.5 Å². The summed E-state index contributed by atoms with van der Waals surface area (Å²) in [5.74, 6) is -0.813. The average Bonchev–Trinajstić information content (AvgIpc) is 2.73. The molecule has 0 aliphatic rings. The van der Waals surface area contributed by atoms with Crippen LogP contribution in [0.5, 0.6) is 0 Å². The van der Waals surface area contributed by atoms with Gasteiger partial charge in [0.15, 0.2) is 0 Å². The molecule has 1 heterocycles. The highest BCUT2D eigenvalue weighted by molar-refractivity contribution is 6.33. The number of hydrogen-bond donors (Lipinski definition) is 1. The highest BCUT2D eigenvalue weighted by Gasteiger charge is 2.17. The van der Waals surface area contributed by atoms with E-state index in [4.69, 9.17) is 23.2 Å². The van der Waals surface area contributed by atoms with Crippen LogP contribution in [0.4, 0.5) is 10.1 Å². The van der Waals surface area contributed by atoms with Crippen molar-refractivity contribution in [2.75, 3.05) is 5.32 Å². The van der Waals surface area contributed by atoms with Crippen molar-refractivity contribution in [1.29, 1.82) is 0 Å². The molecule has 4 aromatic rings. The Morgan fingerprint density at radius 2 is 1.73 bits per heavy atom. The van der Waals surface area contributed by atoms with Crippen molar-refractivity contribution < 1.29 is 9.18 Å². The van der Waals surface area contributed by atoms with E-state index in [9.17, 15) is 14.0 Å². The van der Waals surface area contributed by atoms with E-state index in [1.807, 2.05) is 0 Å². The number of para-hydroxylation sites is 1. The number of carbonyl (C=O) groups is 1. The molecule has 0 saturated carbocycles. The van der Waals surface area contributed by atoms with Crippen molar-refractivity contribution in [3.8, 4) is 11.4 Å². The quantitative estimate of drug-likeness (QED) is 0.476. The van der Waals surface area contributed by atoms with Crippen molar-refractivity contribution >= 4 is 45.7 Å². The molecule has 0 aliphatic heterocycles. The van der Waals surface area contributed by atoms with Gasteiger partial charge in [0, 0.05) is 11.3 Å².